The zero-order valence-corrected chi connectivity index (χ0v) is 11.2. The first-order chi connectivity index (χ1) is 5.75. The summed E-state index contributed by atoms with van der Waals surface area (Å²) in [7, 11) is 0. The molecule has 14 heavy (non-hydrogen) atoms. The Morgan fingerprint density at radius 2 is 0.857 bits per heavy atom. The highest BCUT2D eigenvalue weighted by Gasteiger charge is 2.51. The lowest BCUT2D eigenvalue weighted by molar-refractivity contribution is -0.0544. The summed E-state index contributed by atoms with van der Waals surface area (Å²) in [5.41, 5.74) is 11.6. The minimum atomic E-state index is -0.663. The zero-order valence-electron chi connectivity index (χ0n) is 11.2. The van der Waals surface area contributed by atoms with Gasteiger partial charge in [0.1, 0.15) is 0 Å². The Labute approximate surface area is 89.4 Å². The lowest BCUT2D eigenvalue weighted by Gasteiger charge is -2.56. The van der Waals surface area contributed by atoms with E-state index >= 15 is 0 Å². The Morgan fingerprint density at radius 3 is 0.929 bits per heavy atom. The third-order valence-corrected chi connectivity index (χ3v) is 4.78. The van der Waals surface area contributed by atoms with Gasteiger partial charge in [-0.2, -0.15) is 0 Å². The molecule has 0 aliphatic rings. The fourth-order valence-corrected chi connectivity index (χ4v) is 1.61. The SMILES string of the molecule is CC(C)(C)C(C)(C)C(C)(C)C(C)(N)N. The molecule has 0 aromatic rings. The van der Waals surface area contributed by atoms with Crippen molar-refractivity contribution in [3.63, 3.8) is 0 Å². The maximum Gasteiger partial charge on any atom is 0.0665 e. The first-order valence-electron chi connectivity index (χ1n) is 5.33. The molecule has 0 saturated heterocycles. The molecule has 0 radical (unpaired) electrons. The highest BCUT2D eigenvalue weighted by molar-refractivity contribution is 5.03. The lowest BCUT2D eigenvalue weighted by Crippen LogP contribution is -2.65. The molecule has 0 heterocycles. The Morgan fingerprint density at radius 1 is 0.571 bits per heavy atom. The molecule has 0 aliphatic carbocycles. The molecule has 0 aromatic heterocycles. The van der Waals surface area contributed by atoms with Crippen molar-refractivity contribution in [2.75, 3.05) is 0 Å². The van der Waals surface area contributed by atoms with Crippen LogP contribution in [0.15, 0.2) is 0 Å². The summed E-state index contributed by atoms with van der Waals surface area (Å²) < 4.78 is 0. The Hall–Kier alpha value is -0.0800. The predicted octanol–water partition coefficient (Wildman–Crippen LogP) is 2.72. The van der Waals surface area contributed by atoms with Gasteiger partial charge in [-0.25, -0.2) is 0 Å². The predicted molar refractivity (Wildman–Crippen MR) is 63.8 cm³/mol. The first kappa shape index (κ1) is 13.9. The van der Waals surface area contributed by atoms with E-state index in [0.717, 1.165) is 0 Å². The summed E-state index contributed by atoms with van der Waals surface area (Å²) >= 11 is 0. The molecular weight excluding hydrogens is 172 g/mol. The third-order valence-electron chi connectivity index (χ3n) is 4.78. The van der Waals surface area contributed by atoms with E-state index in [1.165, 1.54) is 0 Å². The topological polar surface area (TPSA) is 52.0 Å². The smallest absolute Gasteiger partial charge is 0.0665 e. The highest BCUT2D eigenvalue weighted by atomic mass is 15.0. The molecule has 0 amide bonds. The minimum absolute atomic E-state index is 0.0677. The number of hydrogen-bond donors (Lipinski definition) is 2. The van der Waals surface area contributed by atoms with Crippen molar-refractivity contribution in [2.45, 2.75) is 61.1 Å². The summed E-state index contributed by atoms with van der Waals surface area (Å²) in [5, 5.41) is 0. The third kappa shape index (κ3) is 1.96. The van der Waals surface area contributed by atoms with E-state index in [4.69, 9.17) is 11.5 Å². The molecule has 0 aromatic carbocycles. The second-order valence-electron chi connectivity index (χ2n) is 6.78. The lowest BCUT2D eigenvalue weighted by atomic mass is 9.52. The van der Waals surface area contributed by atoms with Crippen LogP contribution in [0.3, 0.4) is 0 Å². The van der Waals surface area contributed by atoms with Gasteiger partial charge in [-0.15, -0.1) is 0 Å². The molecule has 0 atom stereocenters. The van der Waals surface area contributed by atoms with Crippen LogP contribution in [0.25, 0.3) is 0 Å². The molecule has 0 rings (SSSR count). The van der Waals surface area contributed by atoms with E-state index < -0.39 is 5.66 Å². The van der Waals surface area contributed by atoms with Crippen LogP contribution in [0.5, 0.6) is 0 Å². The van der Waals surface area contributed by atoms with Gasteiger partial charge in [0.05, 0.1) is 5.66 Å². The highest BCUT2D eigenvalue weighted by Crippen LogP contribution is 2.53. The van der Waals surface area contributed by atoms with E-state index in [9.17, 15) is 0 Å². The zero-order chi connectivity index (χ0) is 12.0. The summed E-state index contributed by atoms with van der Waals surface area (Å²) in [6, 6.07) is 0. The van der Waals surface area contributed by atoms with Crippen molar-refractivity contribution in [3.8, 4) is 0 Å². The molecule has 86 valence electrons. The van der Waals surface area contributed by atoms with Gasteiger partial charge in [0.25, 0.3) is 0 Å². The molecule has 0 saturated carbocycles. The molecule has 0 bridgehead atoms. The maximum absolute atomic E-state index is 6.07. The van der Waals surface area contributed by atoms with E-state index in [0.29, 0.717) is 0 Å². The molecule has 4 N–H and O–H groups in total. The van der Waals surface area contributed by atoms with Gasteiger partial charge in [0, 0.05) is 5.41 Å². The van der Waals surface area contributed by atoms with E-state index in [1.807, 2.05) is 6.92 Å². The van der Waals surface area contributed by atoms with Crippen molar-refractivity contribution >= 4 is 0 Å². The van der Waals surface area contributed by atoms with Crippen molar-refractivity contribution in [1.82, 2.24) is 0 Å². The quantitative estimate of drug-likeness (QED) is 0.673. The molecule has 0 fully saturated rings. The van der Waals surface area contributed by atoms with Gasteiger partial charge >= 0.3 is 0 Å². The summed E-state index contributed by atoms with van der Waals surface area (Å²) in [5.74, 6) is 0. The van der Waals surface area contributed by atoms with Gasteiger partial charge in [-0.05, 0) is 17.8 Å². The summed E-state index contributed by atoms with van der Waals surface area (Å²) in [6.07, 6.45) is 0. The van der Waals surface area contributed by atoms with Gasteiger partial charge < -0.3 is 11.5 Å². The molecule has 0 unspecified atom stereocenters. The van der Waals surface area contributed by atoms with Crippen molar-refractivity contribution < 1.29 is 0 Å². The fourth-order valence-electron chi connectivity index (χ4n) is 1.61. The Balaban J connectivity index is 5.30. The van der Waals surface area contributed by atoms with Crippen LogP contribution in [0, 0.1) is 16.2 Å². The molecule has 0 aliphatic heterocycles. The monoisotopic (exact) mass is 200 g/mol. The summed E-state index contributed by atoms with van der Waals surface area (Å²) in [4.78, 5) is 0. The molecule has 2 heteroatoms. The fraction of sp³-hybridized carbons (Fsp3) is 1.00. The number of nitrogens with two attached hydrogens (primary N) is 2. The van der Waals surface area contributed by atoms with Gasteiger partial charge in [-0.1, -0.05) is 48.5 Å². The average molecular weight is 200 g/mol. The van der Waals surface area contributed by atoms with E-state index in [1.54, 1.807) is 0 Å². The van der Waals surface area contributed by atoms with Crippen LogP contribution in [-0.4, -0.2) is 5.66 Å². The molecule has 2 nitrogen and oxygen atoms in total. The van der Waals surface area contributed by atoms with Crippen molar-refractivity contribution in [3.05, 3.63) is 0 Å². The van der Waals surface area contributed by atoms with Crippen LogP contribution in [0.2, 0.25) is 0 Å². The largest absolute Gasteiger partial charge is 0.313 e. The second-order valence-corrected chi connectivity index (χ2v) is 6.78. The van der Waals surface area contributed by atoms with Crippen molar-refractivity contribution in [1.29, 1.82) is 0 Å². The van der Waals surface area contributed by atoms with Crippen molar-refractivity contribution in [2.24, 2.45) is 27.7 Å². The summed E-state index contributed by atoms with van der Waals surface area (Å²) in [6.45, 7) is 17.4. The maximum atomic E-state index is 6.07. The average Bonchev–Trinajstić information content (AvgIpc) is 1.81. The van der Waals surface area contributed by atoms with Crippen LogP contribution in [0.1, 0.15) is 55.4 Å². The van der Waals surface area contributed by atoms with Gasteiger partial charge in [0.2, 0.25) is 0 Å². The van der Waals surface area contributed by atoms with Crippen LogP contribution >= 0.6 is 0 Å². The van der Waals surface area contributed by atoms with E-state index in [-0.39, 0.29) is 16.2 Å². The Bertz CT molecular complexity index is 177. The van der Waals surface area contributed by atoms with Crippen LogP contribution in [-0.2, 0) is 0 Å². The standard InChI is InChI=1S/C12H28N2/c1-9(2,3)10(4,5)11(6,7)12(8,13)14/h13-14H2,1-8H3. The minimum Gasteiger partial charge on any atom is -0.313 e. The molecule has 0 spiro atoms. The van der Waals surface area contributed by atoms with Gasteiger partial charge in [-0.3, -0.25) is 0 Å². The van der Waals surface area contributed by atoms with E-state index in [2.05, 4.69) is 48.5 Å². The normalized spacial score (nSPS) is 15.9. The van der Waals surface area contributed by atoms with Crippen LogP contribution in [0.4, 0.5) is 0 Å². The van der Waals surface area contributed by atoms with Gasteiger partial charge in [0.15, 0.2) is 0 Å². The number of hydrogen-bond acceptors (Lipinski definition) is 2. The first-order valence-corrected chi connectivity index (χ1v) is 5.33. The van der Waals surface area contributed by atoms with Crippen LogP contribution < -0.4 is 11.5 Å². The molecular formula is C12H28N2. The second kappa shape index (κ2) is 3.21. The Kier molecular flexibility index (Phi) is 3.19. The number of rotatable bonds is 2.